The fraction of sp³-hybridized carbons (Fsp3) is 0.867. The number of rotatable bonds is 0. The average Bonchev–Trinajstić information content (AvgIpc) is 2.45. The van der Waals surface area contributed by atoms with Gasteiger partial charge in [-0.05, 0) is 44.4 Å². The van der Waals surface area contributed by atoms with Crippen LogP contribution in [0.5, 0.6) is 0 Å². The van der Waals surface area contributed by atoms with Gasteiger partial charge in [-0.1, -0.05) is 0 Å². The van der Waals surface area contributed by atoms with Crippen molar-refractivity contribution in [3.05, 3.63) is 0 Å². The molecule has 0 aromatic heterocycles. The molecule has 4 saturated heterocycles. The van der Waals surface area contributed by atoms with Crippen LogP contribution in [0.4, 0.5) is 0 Å². The first-order chi connectivity index (χ1) is 9.25. The van der Waals surface area contributed by atoms with Crippen LogP contribution in [-0.4, -0.2) is 46.8 Å². The van der Waals surface area contributed by atoms with Crippen molar-refractivity contribution in [2.24, 2.45) is 11.8 Å². The van der Waals surface area contributed by atoms with Crippen LogP contribution >= 0.6 is 0 Å². The van der Waals surface area contributed by atoms with Gasteiger partial charge in [0, 0.05) is 31.6 Å². The Morgan fingerprint density at radius 1 is 0.947 bits per heavy atom. The van der Waals surface area contributed by atoms with Gasteiger partial charge >= 0.3 is 0 Å². The van der Waals surface area contributed by atoms with Gasteiger partial charge in [0.05, 0.1) is 5.92 Å². The van der Waals surface area contributed by atoms with Crippen LogP contribution in [0.3, 0.4) is 0 Å². The van der Waals surface area contributed by atoms with Gasteiger partial charge < -0.3 is 9.80 Å². The maximum absolute atomic E-state index is 12.7. The minimum Gasteiger partial charge on any atom is -0.339 e. The highest BCUT2D eigenvalue weighted by Crippen LogP contribution is 2.43. The lowest BCUT2D eigenvalue weighted by atomic mass is 9.70. The fourth-order valence-corrected chi connectivity index (χ4v) is 4.89. The molecule has 4 fully saturated rings. The second kappa shape index (κ2) is 4.22. The minimum atomic E-state index is 0.109. The van der Waals surface area contributed by atoms with E-state index in [1.54, 1.807) is 0 Å². The lowest BCUT2D eigenvalue weighted by Crippen LogP contribution is -2.66. The third kappa shape index (κ3) is 1.65. The first-order valence-corrected chi connectivity index (χ1v) is 7.85. The second-order valence-electron chi connectivity index (χ2n) is 6.70. The topological polar surface area (TPSA) is 40.6 Å². The third-order valence-electron chi connectivity index (χ3n) is 5.76. The number of hydrogen-bond donors (Lipinski definition) is 0. The van der Waals surface area contributed by atoms with Crippen molar-refractivity contribution in [3.63, 3.8) is 0 Å². The molecule has 4 nitrogen and oxygen atoms in total. The lowest BCUT2D eigenvalue weighted by molar-refractivity contribution is -0.164. The number of hydrogen-bond acceptors (Lipinski definition) is 2. The molecule has 0 N–H and O–H groups in total. The molecule has 4 heterocycles. The Balaban J connectivity index is 1.66. The maximum atomic E-state index is 12.7. The van der Waals surface area contributed by atoms with E-state index in [-0.39, 0.29) is 12.0 Å². The zero-order valence-corrected chi connectivity index (χ0v) is 11.4. The van der Waals surface area contributed by atoms with Crippen molar-refractivity contribution in [2.45, 2.75) is 57.0 Å². The summed E-state index contributed by atoms with van der Waals surface area (Å²) < 4.78 is 0. The second-order valence-corrected chi connectivity index (χ2v) is 6.70. The highest BCUT2D eigenvalue weighted by Gasteiger charge is 2.52. The van der Waals surface area contributed by atoms with Crippen molar-refractivity contribution in [1.82, 2.24) is 9.80 Å². The van der Waals surface area contributed by atoms with E-state index >= 15 is 0 Å². The van der Waals surface area contributed by atoms with Crippen molar-refractivity contribution >= 4 is 11.8 Å². The molecule has 4 heteroatoms. The molecule has 4 aliphatic heterocycles. The number of carbonyl (C=O) groups is 2. The van der Waals surface area contributed by atoms with Crippen molar-refractivity contribution in [2.75, 3.05) is 13.1 Å². The first kappa shape index (κ1) is 11.7. The molecule has 2 amide bonds. The predicted octanol–water partition coefficient (Wildman–Crippen LogP) is 1.40. The van der Waals surface area contributed by atoms with Gasteiger partial charge in [0.25, 0.3) is 0 Å². The van der Waals surface area contributed by atoms with E-state index in [0.717, 1.165) is 45.2 Å². The van der Waals surface area contributed by atoms with E-state index < -0.39 is 0 Å². The maximum Gasteiger partial charge on any atom is 0.228 e. The van der Waals surface area contributed by atoms with Crippen molar-refractivity contribution < 1.29 is 9.59 Å². The normalized spacial score (nSPS) is 41.9. The van der Waals surface area contributed by atoms with E-state index in [1.807, 2.05) is 0 Å². The molecule has 0 aliphatic carbocycles. The summed E-state index contributed by atoms with van der Waals surface area (Å²) >= 11 is 0. The number of fused-ring (bicyclic) bond motifs is 6. The summed E-state index contributed by atoms with van der Waals surface area (Å²) in [6, 6.07) is 0.640. The molecule has 0 spiro atoms. The molecule has 2 bridgehead atoms. The standard InChI is InChI=1S/C15H22N2O2/c18-14-6-3-5-13-11-8-10(9-17(13)14)12-4-1-2-7-16(12)15(11)19/h10-13H,1-9H2/t10-,11-,12+,13-/m1/s1. The van der Waals surface area contributed by atoms with Crippen LogP contribution in [0.1, 0.15) is 44.9 Å². The van der Waals surface area contributed by atoms with Gasteiger partial charge in [0.2, 0.25) is 11.8 Å². The Morgan fingerprint density at radius 3 is 2.68 bits per heavy atom. The van der Waals surface area contributed by atoms with Crippen LogP contribution in [0.2, 0.25) is 0 Å². The van der Waals surface area contributed by atoms with Gasteiger partial charge in [0.1, 0.15) is 0 Å². The van der Waals surface area contributed by atoms with Crippen LogP contribution in [0, 0.1) is 11.8 Å². The molecule has 0 radical (unpaired) electrons. The van der Waals surface area contributed by atoms with E-state index in [2.05, 4.69) is 9.80 Å². The van der Waals surface area contributed by atoms with Gasteiger partial charge in [-0.3, -0.25) is 9.59 Å². The largest absolute Gasteiger partial charge is 0.339 e. The molecule has 4 rings (SSSR count). The Labute approximate surface area is 114 Å². The molecule has 4 atom stereocenters. The SMILES string of the molecule is O=C1CCC[C@@H]2[C@H]3C[C@H](CN12)[C@@H]1CCCCN1C3=O. The van der Waals surface area contributed by atoms with Gasteiger partial charge in [0.15, 0.2) is 0 Å². The van der Waals surface area contributed by atoms with Gasteiger partial charge in [-0.25, -0.2) is 0 Å². The Kier molecular flexibility index (Phi) is 2.61. The number of nitrogens with zero attached hydrogens (tertiary/aromatic N) is 2. The van der Waals surface area contributed by atoms with E-state index in [9.17, 15) is 9.59 Å². The third-order valence-corrected chi connectivity index (χ3v) is 5.76. The zero-order chi connectivity index (χ0) is 13.0. The molecule has 0 aromatic carbocycles. The monoisotopic (exact) mass is 262 g/mol. The highest BCUT2D eigenvalue weighted by molar-refractivity contribution is 5.84. The quantitative estimate of drug-likeness (QED) is 0.662. The summed E-state index contributed by atoms with van der Waals surface area (Å²) in [6.07, 6.45) is 7.29. The lowest BCUT2D eigenvalue weighted by Gasteiger charge is -2.56. The van der Waals surface area contributed by atoms with Gasteiger partial charge in [-0.2, -0.15) is 0 Å². The smallest absolute Gasteiger partial charge is 0.228 e. The zero-order valence-electron chi connectivity index (χ0n) is 11.4. The number of piperidine rings is 4. The number of amides is 2. The van der Waals surface area contributed by atoms with Crippen LogP contribution in [-0.2, 0) is 9.59 Å². The molecule has 104 valence electrons. The molecule has 0 saturated carbocycles. The summed E-state index contributed by atoms with van der Waals surface area (Å²) in [6.45, 7) is 1.87. The molecule has 0 aromatic rings. The Hall–Kier alpha value is -1.06. The summed E-state index contributed by atoms with van der Waals surface area (Å²) in [4.78, 5) is 29.1. The summed E-state index contributed by atoms with van der Waals surface area (Å²) in [5.74, 6) is 1.30. The van der Waals surface area contributed by atoms with E-state index in [4.69, 9.17) is 0 Å². The molecular formula is C15H22N2O2. The molecule has 19 heavy (non-hydrogen) atoms. The summed E-state index contributed by atoms with van der Waals surface area (Å²) in [5.41, 5.74) is 0. The van der Waals surface area contributed by atoms with Crippen molar-refractivity contribution in [1.29, 1.82) is 0 Å². The van der Waals surface area contributed by atoms with Crippen LogP contribution < -0.4 is 0 Å². The number of carbonyl (C=O) groups excluding carboxylic acids is 2. The van der Waals surface area contributed by atoms with E-state index in [0.29, 0.717) is 30.2 Å². The Bertz CT molecular complexity index is 422. The van der Waals surface area contributed by atoms with E-state index in [1.165, 1.54) is 6.42 Å². The molecule has 4 aliphatic rings. The summed E-state index contributed by atoms with van der Waals surface area (Å²) in [7, 11) is 0. The predicted molar refractivity (Wildman–Crippen MR) is 70.3 cm³/mol. The minimum absolute atomic E-state index is 0.109. The first-order valence-electron chi connectivity index (χ1n) is 7.85. The highest BCUT2D eigenvalue weighted by atomic mass is 16.2. The van der Waals surface area contributed by atoms with Crippen LogP contribution in [0.15, 0.2) is 0 Å². The van der Waals surface area contributed by atoms with Crippen LogP contribution in [0.25, 0.3) is 0 Å². The summed E-state index contributed by atoms with van der Waals surface area (Å²) in [5, 5.41) is 0. The van der Waals surface area contributed by atoms with Crippen molar-refractivity contribution in [3.8, 4) is 0 Å². The Morgan fingerprint density at radius 2 is 1.79 bits per heavy atom. The molecular weight excluding hydrogens is 240 g/mol. The fourth-order valence-electron chi connectivity index (χ4n) is 4.89. The average molecular weight is 262 g/mol. The molecule has 0 unspecified atom stereocenters. The van der Waals surface area contributed by atoms with Gasteiger partial charge in [-0.15, -0.1) is 0 Å².